The molecule has 2 aromatic rings. The molecule has 0 saturated carbocycles. The summed E-state index contributed by atoms with van der Waals surface area (Å²) >= 11 is 0. The van der Waals surface area contributed by atoms with Gasteiger partial charge in [-0.3, -0.25) is 19.2 Å². The van der Waals surface area contributed by atoms with Gasteiger partial charge in [0.15, 0.2) is 0 Å². The van der Waals surface area contributed by atoms with E-state index >= 15 is 0 Å². The number of rotatable bonds is 12. The number of nitrogens with two attached hydrogens (primary N) is 1. The van der Waals surface area contributed by atoms with E-state index in [2.05, 4.69) is 10.6 Å². The van der Waals surface area contributed by atoms with E-state index in [-0.39, 0.29) is 29.8 Å². The zero-order chi connectivity index (χ0) is 30.6. The summed E-state index contributed by atoms with van der Waals surface area (Å²) in [5, 5.41) is 5.52. The van der Waals surface area contributed by atoms with Crippen molar-refractivity contribution < 1.29 is 19.2 Å². The monoisotopic (exact) mass is 567 g/mol. The molecule has 1 saturated heterocycles. The van der Waals surface area contributed by atoms with Gasteiger partial charge < -0.3 is 26.2 Å². The van der Waals surface area contributed by atoms with Gasteiger partial charge in [-0.15, -0.1) is 0 Å². The third-order valence-electron chi connectivity index (χ3n) is 6.73. The first kappa shape index (κ1) is 35.3. The van der Waals surface area contributed by atoms with Crippen LogP contribution in [0.15, 0.2) is 60.7 Å². The Morgan fingerprint density at radius 1 is 0.951 bits per heavy atom. The van der Waals surface area contributed by atoms with Crippen molar-refractivity contribution in [3.63, 3.8) is 0 Å². The Balaban J connectivity index is 0.000000336. The zero-order valence-corrected chi connectivity index (χ0v) is 25.3. The van der Waals surface area contributed by atoms with Gasteiger partial charge in [-0.05, 0) is 50.8 Å². The molecule has 0 aromatic heterocycles. The second kappa shape index (κ2) is 20.2. The third-order valence-corrected chi connectivity index (χ3v) is 6.73. The summed E-state index contributed by atoms with van der Waals surface area (Å²) in [7, 11) is 1.69. The summed E-state index contributed by atoms with van der Waals surface area (Å²) in [4.78, 5) is 48.3. The summed E-state index contributed by atoms with van der Waals surface area (Å²) in [6, 6.07) is 19.6. The SMILES string of the molecule is CCN(CCC(=O)N1CCCC1)C(=O)CC(C)C.CNC(C)C(N)=O.O=CNC(c1ccccc1)c1ccccc1. The first-order valence-corrected chi connectivity index (χ1v) is 14.5. The van der Waals surface area contributed by atoms with E-state index in [0.717, 1.165) is 43.5 Å². The van der Waals surface area contributed by atoms with Crippen LogP contribution in [0.2, 0.25) is 0 Å². The average Bonchev–Trinajstić information content (AvgIpc) is 3.52. The van der Waals surface area contributed by atoms with Crippen LogP contribution in [0.4, 0.5) is 0 Å². The van der Waals surface area contributed by atoms with Gasteiger partial charge in [-0.1, -0.05) is 74.5 Å². The second-order valence-corrected chi connectivity index (χ2v) is 10.4. The summed E-state index contributed by atoms with van der Waals surface area (Å²) < 4.78 is 0. The molecule has 1 aliphatic heterocycles. The molecule has 4 amide bonds. The minimum atomic E-state index is -0.317. The van der Waals surface area contributed by atoms with Crippen molar-refractivity contribution in [2.45, 2.75) is 65.5 Å². The second-order valence-electron chi connectivity index (χ2n) is 10.4. The van der Waals surface area contributed by atoms with Crippen molar-refractivity contribution in [2.24, 2.45) is 11.7 Å². The van der Waals surface area contributed by atoms with Gasteiger partial charge in [-0.25, -0.2) is 0 Å². The van der Waals surface area contributed by atoms with Gasteiger partial charge in [0.1, 0.15) is 0 Å². The maximum atomic E-state index is 11.9. The number of amides is 4. The Kier molecular flexibility index (Phi) is 17.4. The number of nitrogens with one attached hydrogen (secondary N) is 2. The van der Waals surface area contributed by atoms with Crippen LogP contribution < -0.4 is 16.4 Å². The highest BCUT2D eigenvalue weighted by molar-refractivity contribution is 5.79. The number of hydrogen-bond donors (Lipinski definition) is 3. The van der Waals surface area contributed by atoms with E-state index in [0.29, 0.717) is 31.8 Å². The molecule has 1 fully saturated rings. The van der Waals surface area contributed by atoms with Gasteiger partial charge in [0, 0.05) is 39.0 Å². The van der Waals surface area contributed by atoms with Crippen LogP contribution in [0.25, 0.3) is 0 Å². The van der Waals surface area contributed by atoms with E-state index in [1.807, 2.05) is 86.3 Å². The molecule has 2 aromatic carbocycles. The Labute approximate surface area is 245 Å². The average molecular weight is 568 g/mol. The number of nitrogens with zero attached hydrogens (tertiary/aromatic N) is 2. The standard InChI is InChI=1S/C14H26N2O2.C14H13NO.C4H10N2O/c1-4-15(14(18)11-12(2)3)10-7-13(17)16-8-5-6-9-16;16-11-15-14(12-7-3-1-4-8-12)13-9-5-2-6-10-13;1-3(6-2)4(5)7/h12H,4-11H2,1-3H3;1-11,14H,(H,15,16);3,6H,1-2H3,(H2,5,7). The fraction of sp³-hybridized carbons (Fsp3) is 0.500. The fourth-order valence-electron chi connectivity index (χ4n) is 4.18. The normalized spacial score (nSPS) is 12.9. The lowest BCUT2D eigenvalue weighted by Crippen LogP contribution is -2.36. The molecule has 41 heavy (non-hydrogen) atoms. The van der Waals surface area contributed by atoms with Crippen LogP contribution in [-0.4, -0.2) is 73.2 Å². The topological polar surface area (TPSA) is 125 Å². The van der Waals surface area contributed by atoms with Crippen LogP contribution >= 0.6 is 0 Å². The van der Waals surface area contributed by atoms with Crippen molar-refractivity contribution in [1.29, 1.82) is 0 Å². The summed E-state index contributed by atoms with van der Waals surface area (Å²) in [6.07, 6.45) is 4.03. The van der Waals surface area contributed by atoms with Crippen molar-refractivity contribution in [2.75, 3.05) is 33.2 Å². The van der Waals surface area contributed by atoms with Crippen LogP contribution in [0.5, 0.6) is 0 Å². The molecule has 0 bridgehead atoms. The molecule has 3 rings (SSSR count). The number of primary amides is 1. The molecule has 9 heteroatoms. The molecule has 9 nitrogen and oxygen atoms in total. The molecule has 1 aliphatic rings. The lowest BCUT2D eigenvalue weighted by atomic mass is 9.99. The van der Waals surface area contributed by atoms with Crippen LogP contribution in [0, 0.1) is 5.92 Å². The van der Waals surface area contributed by atoms with Crippen LogP contribution in [0.1, 0.15) is 70.5 Å². The third kappa shape index (κ3) is 14.0. The minimum absolute atomic E-state index is 0.0695. The molecule has 226 valence electrons. The van der Waals surface area contributed by atoms with Gasteiger partial charge >= 0.3 is 0 Å². The lowest BCUT2D eigenvalue weighted by Gasteiger charge is -2.23. The van der Waals surface area contributed by atoms with E-state index in [9.17, 15) is 19.2 Å². The van der Waals surface area contributed by atoms with E-state index in [1.165, 1.54) is 0 Å². The van der Waals surface area contributed by atoms with Crippen LogP contribution in [0.3, 0.4) is 0 Å². The van der Waals surface area contributed by atoms with E-state index in [4.69, 9.17) is 5.73 Å². The fourth-order valence-corrected chi connectivity index (χ4v) is 4.18. The number of likely N-dealkylation sites (tertiary alicyclic amines) is 1. The number of benzene rings is 2. The lowest BCUT2D eigenvalue weighted by molar-refractivity contribution is -0.134. The zero-order valence-electron chi connectivity index (χ0n) is 25.3. The molecule has 0 spiro atoms. The maximum Gasteiger partial charge on any atom is 0.234 e. The Hall–Kier alpha value is -3.72. The summed E-state index contributed by atoms with van der Waals surface area (Å²) in [5.41, 5.74) is 7.01. The number of carbonyl (C=O) groups is 4. The Morgan fingerprint density at radius 3 is 1.83 bits per heavy atom. The molecule has 4 N–H and O–H groups in total. The minimum Gasteiger partial charge on any atom is -0.368 e. The largest absolute Gasteiger partial charge is 0.368 e. The van der Waals surface area contributed by atoms with Crippen LogP contribution in [-0.2, 0) is 19.2 Å². The highest BCUT2D eigenvalue weighted by Gasteiger charge is 2.20. The smallest absolute Gasteiger partial charge is 0.234 e. The van der Waals surface area contributed by atoms with Gasteiger partial charge in [0.05, 0.1) is 12.1 Å². The maximum absolute atomic E-state index is 11.9. The molecule has 0 radical (unpaired) electrons. The summed E-state index contributed by atoms with van der Waals surface area (Å²) in [5.74, 6) is 0.424. The van der Waals surface area contributed by atoms with Crippen molar-refractivity contribution in [1.82, 2.24) is 20.4 Å². The van der Waals surface area contributed by atoms with Crippen molar-refractivity contribution >= 4 is 24.1 Å². The molecule has 0 aliphatic carbocycles. The predicted octanol–water partition coefficient (Wildman–Crippen LogP) is 3.50. The first-order chi connectivity index (χ1) is 19.6. The van der Waals surface area contributed by atoms with Crippen molar-refractivity contribution in [3.05, 3.63) is 71.8 Å². The van der Waals surface area contributed by atoms with Gasteiger partial charge in [0.25, 0.3) is 0 Å². The predicted molar refractivity (Wildman–Crippen MR) is 164 cm³/mol. The number of hydrogen-bond acceptors (Lipinski definition) is 5. The molecule has 1 unspecified atom stereocenters. The van der Waals surface area contributed by atoms with Gasteiger partial charge in [0.2, 0.25) is 24.1 Å². The Morgan fingerprint density at radius 2 is 1.46 bits per heavy atom. The molecular weight excluding hydrogens is 518 g/mol. The number of likely N-dealkylation sites (N-methyl/N-ethyl adjacent to an activating group) is 1. The Bertz CT molecular complexity index is 987. The highest BCUT2D eigenvalue weighted by atomic mass is 16.2. The quantitative estimate of drug-likeness (QED) is 0.339. The molecule has 1 heterocycles. The summed E-state index contributed by atoms with van der Waals surface area (Å²) in [6.45, 7) is 10.8. The van der Waals surface area contributed by atoms with Gasteiger partial charge in [-0.2, -0.15) is 0 Å². The van der Waals surface area contributed by atoms with E-state index < -0.39 is 0 Å². The molecule has 1 atom stereocenters. The molecular formula is C32H49N5O4. The first-order valence-electron chi connectivity index (χ1n) is 14.5. The van der Waals surface area contributed by atoms with Crippen molar-refractivity contribution in [3.8, 4) is 0 Å². The highest BCUT2D eigenvalue weighted by Crippen LogP contribution is 2.20. The number of carbonyl (C=O) groups excluding carboxylic acids is 4. The van der Waals surface area contributed by atoms with E-state index in [1.54, 1.807) is 18.9 Å².